The maximum Gasteiger partial charge on any atom is 0.252 e. The highest BCUT2D eigenvalue weighted by Crippen LogP contribution is 2.48. The van der Waals surface area contributed by atoms with Gasteiger partial charge in [0, 0.05) is 70.0 Å². The van der Waals surface area contributed by atoms with Crippen molar-refractivity contribution in [3.63, 3.8) is 0 Å². The molecule has 7 aromatic carbocycles. The summed E-state index contributed by atoms with van der Waals surface area (Å²) in [5.41, 5.74) is 17.2. The van der Waals surface area contributed by atoms with Gasteiger partial charge >= 0.3 is 0 Å². The normalized spacial score (nSPS) is 14.9. The van der Waals surface area contributed by atoms with E-state index in [1.165, 1.54) is 44.8 Å². The van der Waals surface area contributed by atoms with Crippen LogP contribution in [0.25, 0.3) is 0 Å². The molecule has 0 saturated carbocycles. The Labute approximate surface area is 303 Å². The molecule has 7 aromatic rings. The third-order valence-electron chi connectivity index (χ3n) is 11.4. The van der Waals surface area contributed by atoms with E-state index in [-0.39, 0.29) is 12.5 Å². The van der Waals surface area contributed by atoms with Crippen molar-refractivity contribution in [2.24, 2.45) is 0 Å². The van der Waals surface area contributed by atoms with E-state index in [2.05, 4.69) is 153 Å². The standard InChI is InChI=1S/C46H34BFN4/c48-33-27-44-46-45(28-33)52(37-19-11-4-12-20-37)43-30-41-32(22-24-50(41)35-15-7-2-8-16-35)26-39(43)47(46)38-25-31-21-23-49(34-13-5-1-6-14-34)40(31)29-42(38)51(44)36-17-9-3-10-18-36/h1-20,25-30H,21-24H2. The topological polar surface area (TPSA) is 13.0 Å². The highest BCUT2D eigenvalue weighted by molar-refractivity contribution is 7.00. The molecule has 0 fully saturated rings. The molecule has 0 radical (unpaired) electrons. The molecule has 0 aromatic heterocycles. The molecule has 0 atom stereocenters. The number of hydrogen-bond acceptors (Lipinski definition) is 4. The molecule has 0 unspecified atom stereocenters. The first-order chi connectivity index (χ1) is 25.7. The van der Waals surface area contributed by atoms with Gasteiger partial charge in [0.15, 0.2) is 0 Å². The molecule has 0 amide bonds. The Kier molecular flexibility index (Phi) is 6.44. The SMILES string of the molecule is Fc1cc2c3c(c1)N(c1ccccc1)c1cc4c(cc1B3c1cc3c(cc1N2c1ccccc1)N(c1ccccc1)CC3)CCN4c1ccccc1. The Bertz CT molecular complexity index is 2340. The van der Waals surface area contributed by atoms with Crippen LogP contribution in [0.4, 0.5) is 61.3 Å². The van der Waals surface area contributed by atoms with Gasteiger partial charge in [0.1, 0.15) is 5.82 Å². The zero-order chi connectivity index (χ0) is 34.3. The Morgan fingerprint density at radius 1 is 0.404 bits per heavy atom. The molecule has 0 saturated heterocycles. The Hall–Kier alpha value is -6.27. The van der Waals surface area contributed by atoms with E-state index >= 15 is 4.39 Å². The van der Waals surface area contributed by atoms with Crippen LogP contribution in [0.3, 0.4) is 0 Å². The average molecular weight is 673 g/mol. The maximum absolute atomic E-state index is 16.4. The summed E-state index contributed by atoms with van der Waals surface area (Å²) < 4.78 is 16.4. The van der Waals surface area contributed by atoms with E-state index in [4.69, 9.17) is 0 Å². The highest BCUT2D eigenvalue weighted by atomic mass is 19.1. The molecular weight excluding hydrogens is 638 g/mol. The van der Waals surface area contributed by atoms with Crippen LogP contribution in [-0.2, 0) is 12.8 Å². The van der Waals surface area contributed by atoms with E-state index in [0.717, 1.165) is 65.5 Å². The van der Waals surface area contributed by atoms with E-state index in [1.807, 2.05) is 12.1 Å². The summed E-state index contributed by atoms with van der Waals surface area (Å²) in [6, 6.07) is 55.5. The van der Waals surface area contributed by atoms with Gasteiger partial charge in [0.2, 0.25) is 0 Å². The fraction of sp³-hybridized carbons (Fsp3) is 0.0870. The molecule has 52 heavy (non-hydrogen) atoms. The molecule has 4 aliphatic heterocycles. The number of fused-ring (bicyclic) bond motifs is 6. The third kappa shape index (κ3) is 4.34. The fourth-order valence-electron chi connectivity index (χ4n) is 9.20. The molecular formula is C46H34BFN4. The molecule has 0 bridgehead atoms. The Balaban J connectivity index is 1.20. The van der Waals surface area contributed by atoms with E-state index in [0.29, 0.717) is 0 Å². The van der Waals surface area contributed by atoms with Gasteiger partial charge in [0.05, 0.1) is 0 Å². The Morgan fingerprint density at radius 3 is 1.19 bits per heavy atom. The van der Waals surface area contributed by atoms with Gasteiger partial charge in [-0.05, 0) is 113 Å². The number of benzene rings is 7. The van der Waals surface area contributed by atoms with Gasteiger partial charge in [-0.1, -0.05) is 84.9 Å². The van der Waals surface area contributed by atoms with Crippen LogP contribution in [-0.4, -0.2) is 19.8 Å². The van der Waals surface area contributed by atoms with Crippen molar-refractivity contribution in [2.75, 3.05) is 32.7 Å². The first-order valence-electron chi connectivity index (χ1n) is 18.2. The number of halogens is 1. The minimum Gasteiger partial charge on any atom is -0.341 e. The van der Waals surface area contributed by atoms with Crippen LogP contribution in [0.5, 0.6) is 0 Å². The maximum atomic E-state index is 16.4. The van der Waals surface area contributed by atoms with Crippen molar-refractivity contribution in [3.05, 3.63) is 175 Å². The van der Waals surface area contributed by atoms with Crippen LogP contribution in [0.15, 0.2) is 158 Å². The molecule has 11 rings (SSSR count). The van der Waals surface area contributed by atoms with Gasteiger partial charge in [-0.2, -0.15) is 0 Å². The number of nitrogens with zero attached hydrogens (tertiary/aromatic N) is 4. The molecule has 0 spiro atoms. The zero-order valence-corrected chi connectivity index (χ0v) is 28.6. The lowest BCUT2D eigenvalue weighted by Crippen LogP contribution is -2.61. The second-order valence-electron chi connectivity index (χ2n) is 14.2. The summed E-state index contributed by atoms with van der Waals surface area (Å²) in [6.07, 6.45) is 1.94. The summed E-state index contributed by atoms with van der Waals surface area (Å²) in [5, 5.41) is 0. The van der Waals surface area contributed by atoms with Gasteiger partial charge in [-0.25, -0.2) is 4.39 Å². The van der Waals surface area contributed by atoms with Crippen molar-refractivity contribution in [1.29, 1.82) is 0 Å². The molecule has 6 heteroatoms. The predicted molar refractivity (Wildman–Crippen MR) is 215 cm³/mol. The highest BCUT2D eigenvalue weighted by Gasteiger charge is 2.45. The zero-order valence-electron chi connectivity index (χ0n) is 28.6. The largest absolute Gasteiger partial charge is 0.341 e. The minimum atomic E-state index is -0.250. The average Bonchev–Trinajstić information content (AvgIpc) is 3.81. The smallest absolute Gasteiger partial charge is 0.252 e. The van der Waals surface area contributed by atoms with Gasteiger partial charge < -0.3 is 19.6 Å². The van der Waals surface area contributed by atoms with Gasteiger partial charge in [-0.3, -0.25) is 0 Å². The number of anilines is 10. The van der Waals surface area contributed by atoms with Crippen LogP contribution >= 0.6 is 0 Å². The second-order valence-corrected chi connectivity index (χ2v) is 14.2. The first kappa shape index (κ1) is 29.5. The Morgan fingerprint density at radius 2 is 0.788 bits per heavy atom. The van der Waals surface area contributed by atoms with Crippen molar-refractivity contribution < 1.29 is 4.39 Å². The third-order valence-corrected chi connectivity index (χ3v) is 11.4. The molecule has 0 aliphatic carbocycles. The minimum absolute atomic E-state index is 0.0670. The summed E-state index contributed by atoms with van der Waals surface area (Å²) in [6.45, 7) is 1.78. The van der Waals surface area contributed by atoms with Crippen molar-refractivity contribution >= 4 is 80.0 Å². The van der Waals surface area contributed by atoms with Crippen molar-refractivity contribution in [3.8, 4) is 0 Å². The summed E-state index contributed by atoms with van der Waals surface area (Å²) in [7, 11) is 0. The quantitative estimate of drug-likeness (QED) is 0.173. The van der Waals surface area contributed by atoms with Crippen LogP contribution < -0.4 is 36.0 Å². The second kappa shape index (κ2) is 11.4. The van der Waals surface area contributed by atoms with Crippen molar-refractivity contribution in [2.45, 2.75) is 12.8 Å². The molecule has 248 valence electrons. The van der Waals surface area contributed by atoms with E-state index in [9.17, 15) is 0 Å². The number of para-hydroxylation sites is 4. The van der Waals surface area contributed by atoms with E-state index < -0.39 is 0 Å². The molecule has 0 N–H and O–H groups in total. The molecule has 4 heterocycles. The van der Waals surface area contributed by atoms with Crippen molar-refractivity contribution in [1.82, 2.24) is 0 Å². The summed E-state index contributed by atoms with van der Waals surface area (Å²) in [4.78, 5) is 9.47. The van der Waals surface area contributed by atoms with Crippen LogP contribution in [0.2, 0.25) is 0 Å². The van der Waals surface area contributed by atoms with Crippen LogP contribution in [0.1, 0.15) is 11.1 Å². The lowest BCUT2D eigenvalue weighted by molar-refractivity contribution is 0.628. The lowest BCUT2D eigenvalue weighted by atomic mass is 9.33. The van der Waals surface area contributed by atoms with E-state index in [1.54, 1.807) is 12.1 Å². The summed E-state index contributed by atoms with van der Waals surface area (Å²) in [5.74, 6) is -0.250. The number of hydrogen-bond donors (Lipinski definition) is 0. The summed E-state index contributed by atoms with van der Waals surface area (Å²) >= 11 is 0. The monoisotopic (exact) mass is 672 g/mol. The molecule has 4 nitrogen and oxygen atoms in total. The van der Waals surface area contributed by atoms with Crippen LogP contribution in [0, 0.1) is 5.82 Å². The van der Waals surface area contributed by atoms with Gasteiger partial charge in [0.25, 0.3) is 6.71 Å². The molecule has 4 aliphatic rings. The first-order valence-corrected chi connectivity index (χ1v) is 18.2. The van der Waals surface area contributed by atoms with Gasteiger partial charge in [-0.15, -0.1) is 0 Å². The predicted octanol–water partition coefficient (Wildman–Crippen LogP) is 9.30. The fourth-order valence-corrected chi connectivity index (χ4v) is 9.20. The lowest BCUT2D eigenvalue weighted by Gasteiger charge is -2.44. The number of rotatable bonds is 4.